The Labute approximate surface area is 182 Å². The summed E-state index contributed by atoms with van der Waals surface area (Å²) >= 11 is 1.64. The Morgan fingerprint density at radius 3 is 2.25 bits per heavy atom. The average Bonchev–Trinajstić information content (AvgIpc) is 3.01. The van der Waals surface area contributed by atoms with Crippen molar-refractivity contribution in [1.29, 1.82) is 0 Å². The van der Waals surface area contributed by atoms with Gasteiger partial charge >= 0.3 is 0 Å². The SMILES string of the molecule is CC(C)(N)CNC(=O)C(C)(Cc1nc2ccccc2s1)c1ccccc1.Cl.Cl. The number of halogens is 2. The summed E-state index contributed by atoms with van der Waals surface area (Å²) in [6, 6.07) is 18.0. The third-order valence-electron chi connectivity index (χ3n) is 4.46. The highest BCUT2D eigenvalue weighted by Crippen LogP contribution is 2.32. The van der Waals surface area contributed by atoms with Crippen molar-refractivity contribution in [3.05, 3.63) is 65.2 Å². The number of hydrogen-bond acceptors (Lipinski definition) is 4. The zero-order valence-corrected chi connectivity index (χ0v) is 18.7. The van der Waals surface area contributed by atoms with Crippen LogP contribution in [0.3, 0.4) is 0 Å². The molecular weight excluding hydrogens is 413 g/mol. The lowest BCUT2D eigenvalue weighted by Gasteiger charge is -2.30. The summed E-state index contributed by atoms with van der Waals surface area (Å²) in [7, 11) is 0. The van der Waals surface area contributed by atoms with Gasteiger partial charge in [-0.3, -0.25) is 4.79 Å². The molecule has 0 bridgehead atoms. The second kappa shape index (κ2) is 9.70. The number of aromatic nitrogens is 1. The van der Waals surface area contributed by atoms with E-state index in [2.05, 4.69) is 11.4 Å². The molecule has 1 atom stereocenters. The molecule has 0 aliphatic carbocycles. The van der Waals surface area contributed by atoms with Gasteiger partial charge in [-0.1, -0.05) is 42.5 Å². The molecule has 0 aliphatic heterocycles. The first kappa shape index (κ1) is 24.4. The molecule has 152 valence electrons. The highest BCUT2D eigenvalue weighted by Gasteiger charge is 2.36. The summed E-state index contributed by atoms with van der Waals surface area (Å²) in [4.78, 5) is 17.9. The van der Waals surface area contributed by atoms with Gasteiger partial charge in [-0.2, -0.15) is 0 Å². The van der Waals surface area contributed by atoms with E-state index in [9.17, 15) is 4.79 Å². The van der Waals surface area contributed by atoms with Crippen LogP contribution in [0.1, 0.15) is 31.3 Å². The van der Waals surface area contributed by atoms with Crippen LogP contribution in [0, 0.1) is 0 Å². The third-order valence-corrected chi connectivity index (χ3v) is 5.50. The number of thiazole rings is 1. The molecular formula is C21H27Cl2N3OS. The normalized spacial score (nSPS) is 13.1. The highest BCUT2D eigenvalue weighted by molar-refractivity contribution is 7.18. The molecule has 0 radical (unpaired) electrons. The maximum Gasteiger partial charge on any atom is 0.230 e. The van der Waals surface area contributed by atoms with Gasteiger partial charge in [-0.05, 0) is 38.5 Å². The number of nitrogens with zero attached hydrogens (tertiary/aromatic N) is 1. The maximum atomic E-state index is 13.1. The summed E-state index contributed by atoms with van der Waals surface area (Å²) in [5, 5.41) is 3.99. The number of hydrogen-bond donors (Lipinski definition) is 2. The third kappa shape index (κ3) is 5.67. The number of fused-ring (bicyclic) bond motifs is 1. The Hall–Kier alpha value is -1.66. The molecule has 4 nitrogen and oxygen atoms in total. The van der Waals surface area contributed by atoms with Gasteiger partial charge in [-0.15, -0.1) is 36.2 Å². The lowest BCUT2D eigenvalue weighted by Crippen LogP contribution is -2.51. The van der Waals surface area contributed by atoms with E-state index >= 15 is 0 Å². The van der Waals surface area contributed by atoms with Crippen molar-refractivity contribution in [3.8, 4) is 0 Å². The van der Waals surface area contributed by atoms with Gasteiger partial charge < -0.3 is 11.1 Å². The molecule has 3 N–H and O–H groups in total. The van der Waals surface area contributed by atoms with Crippen molar-refractivity contribution in [2.24, 2.45) is 5.73 Å². The first-order valence-electron chi connectivity index (χ1n) is 8.75. The average molecular weight is 440 g/mol. The molecule has 3 aromatic rings. The van der Waals surface area contributed by atoms with Crippen LogP contribution >= 0.6 is 36.2 Å². The van der Waals surface area contributed by atoms with Crippen molar-refractivity contribution in [2.75, 3.05) is 6.54 Å². The minimum atomic E-state index is -0.708. The number of rotatable bonds is 6. The molecule has 1 amide bonds. The fraction of sp³-hybridized carbons (Fsp3) is 0.333. The van der Waals surface area contributed by atoms with Crippen molar-refractivity contribution in [2.45, 2.75) is 38.1 Å². The molecule has 1 heterocycles. The van der Waals surface area contributed by atoms with Crippen molar-refractivity contribution >= 4 is 52.3 Å². The summed E-state index contributed by atoms with van der Waals surface area (Å²) in [6.45, 7) is 6.21. The summed E-state index contributed by atoms with van der Waals surface area (Å²) in [6.07, 6.45) is 0.549. The first-order chi connectivity index (χ1) is 12.3. The van der Waals surface area contributed by atoms with Crippen LogP contribution in [0.2, 0.25) is 0 Å². The van der Waals surface area contributed by atoms with E-state index in [0.717, 1.165) is 20.8 Å². The van der Waals surface area contributed by atoms with Gasteiger partial charge in [0.2, 0.25) is 5.91 Å². The monoisotopic (exact) mass is 439 g/mol. The minimum absolute atomic E-state index is 0. The van der Waals surface area contributed by atoms with Gasteiger partial charge in [0.25, 0.3) is 0 Å². The largest absolute Gasteiger partial charge is 0.354 e. The molecule has 0 spiro atoms. The zero-order chi connectivity index (χ0) is 18.8. The molecule has 0 aliphatic rings. The van der Waals surface area contributed by atoms with Crippen molar-refractivity contribution in [3.63, 3.8) is 0 Å². The van der Waals surface area contributed by atoms with Gasteiger partial charge in [0.1, 0.15) is 0 Å². The van der Waals surface area contributed by atoms with Crippen LogP contribution in [-0.4, -0.2) is 23.0 Å². The highest BCUT2D eigenvalue weighted by atomic mass is 35.5. The number of nitrogens with two attached hydrogens (primary N) is 1. The van der Waals surface area contributed by atoms with Gasteiger partial charge in [-0.25, -0.2) is 4.98 Å². The molecule has 1 unspecified atom stereocenters. The number of benzene rings is 2. The van der Waals surface area contributed by atoms with E-state index in [1.54, 1.807) is 11.3 Å². The Morgan fingerprint density at radius 2 is 1.64 bits per heavy atom. The second-order valence-corrected chi connectivity index (χ2v) is 8.74. The molecule has 2 aromatic carbocycles. The molecule has 1 aromatic heterocycles. The smallest absolute Gasteiger partial charge is 0.230 e. The van der Waals surface area contributed by atoms with Crippen LogP contribution in [0.4, 0.5) is 0 Å². The quantitative estimate of drug-likeness (QED) is 0.593. The van der Waals surface area contributed by atoms with E-state index in [1.807, 2.05) is 69.3 Å². The Bertz CT molecular complexity index is 876. The predicted octanol–water partition coefficient (Wildman–Crippen LogP) is 4.49. The molecule has 0 fully saturated rings. The second-order valence-electron chi connectivity index (χ2n) is 7.62. The number of nitrogens with one attached hydrogen (secondary N) is 1. The van der Waals surface area contributed by atoms with E-state index in [4.69, 9.17) is 10.7 Å². The number of carbonyl (C=O) groups is 1. The number of amides is 1. The van der Waals surface area contributed by atoms with Gasteiger partial charge in [0, 0.05) is 18.5 Å². The molecule has 28 heavy (non-hydrogen) atoms. The molecule has 0 saturated carbocycles. The predicted molar refractivity (Wildman–Crippen MR) is 123 cm³/mol. The number of carbonyl (C=O) groups excluding carboxylic acids is 1. The van der Waals surface area contributed by atoms with Crippen LogP contribution < -0.4 is 11.1 Å². The van der Waals surface area contributed by atoms with Crippen LogP contribution in [-0.2, 0) is 16.6 Å². The standard InChI is InChI=1S/C21H25N3OS.2ClH/c1-20(2,22)14-23-19(25)21(3,15-9-5-4-6-10-15)13-18-24-16-11-7-8-12-17(16)26-18;;/h4-12H,13-14,22H2,1-3H3,(H,23,25);2*1H. The minimum Gasteiger partial charge on any atom is -0.354 e. The van der Waals surface area contributed by atoms with Crippen molar-refractivity contribution < 1.29 is 4.79 Å². The van der Waals surface area contributed by atoms with E-state index in [1.165, 1.54) is 0 Å². The lowest BCUT2D eigenvalue weighted by molar-refractivity contribution is -0.126. The fourth-order valence-corrected chi connectivity index (χ4v) is 4.04. The van der Waals surface area contributed by atoms with E-state index in [-0.39, 0.29) is 30.7 Å². The molecule has 3 rings (SSSR count). The Balaban J connectivity index is 0.00000196. The first-order valence-corrected chi connectivity index (χ1v) is 9.57. The van der Waals surface area contributed by atoms with Crippen LogP contribution in [0.15, 0.2) is 54.6 Å². The maximum absolute atomic E-state index is 13.1. The summed E-state index contributed by atoms with van der Waals surface area (Å²) in [5.74, 6) is -0.0264. The van der Waals surface area contributed by atoms with E-state index < -0.39 is 11.0 Å². The van der Waals surface area contributed by atoms with Gasteiger partial charge in [0.15, 0.2) is 0 Å². The molecule has 0 saturated heterocycles. The number of para-hydroxylation sites is 1. The Morgan fingerprint density at radius 1 is 1.04 bits per heavy atom. The van der Waals surface area contributed by atoms with Gasteiger partial charge in [0.05, 0.1) is 20.6 Å². The van der Waals surface area contributed by atoms with E-state index in [0.29, 0.717) is 13.0 Å². The molecule has 7 heteroatoms. The fourth-order valence-electron chi connectivity index (χ4n) is 2.92. The summed E-state index contributed by atoms with van der Waals surface area (Å²) < 4.78 is 1.14. The summed E-state index contributed by atoms with van der Waals surface area (Å²) in [5.41, 5.74) is 6.84. The Kier molecular flexibility index (Phi) is 8.45. The van der Waals surface area contributed by atoms with Crippen LogP contribution in [0.25, 0.3) is 10.2 Å². The topological polar surface area (TPSA) is 68.0 Å². The zero-order valence-electron chi connectivity index (χ0n) is 16.3. The lowest BCUT2D eigenvalue weighted by atomic mass is 9.78. The van der Waals surface area contributed by atoms with Crippen molar-refractivity contribution in [1.82, 2.24) is 10.3 Å². The van der Waals surface area contributed by atoms with Crippen LogP contribution in [0.5, 0.6) is 0 Å².